The van der Waals surface area contributed by atoms with Gasteiger partial charge in [0.2, 0.25) is 5.65 Å². The van der Waals surface area contributed by atoms with E-state index in [0.29, 0.717) is 5.65 Å². The molecule has 1 aliphatic rings. The Morgan fingerprint density at radius 3 is 3.17 bits per heavy atom. The molecule has 7 nitrogen and oxygen atoms in total. The predicted molar refractivity (Wildman–Crippen MR) is 65.2 cm³/mol. The number of hydrogen-bond acceptors (Lipinski definition) is 5. The van der Waals surface area contributed by atoms with E-state index in [0.717, 1.165) is 31.0 Å². The van der Waals surface area contributed by atoms with Crippen molar-refractivity contribution in [2.75, 3.05) is 27.2 Å². The van der Waals surface area contributed by atoms with E-state index in [4.69, 9.17) is 4.84 Å². The second kappa shape index (κ2) is 4.25. The molecule has 0 unspecified atom stereocenters. The van der Waals surface area contributed by atoms with E-state index in [1.807, 2.05) is 26.2 Å². The first kappa shape index (κ1) is 10.9. The largest absolute Gasteiger partial charge is 0.472 e. The highest BCUT2D eigenvalue weighted by molar-refractivity contribution is 5.72. The number of aromatic nitrogens is 4. The fraction of sp³-hybridized carbons (Fsp3) is 0.455. The van der Waals surface area contributed by atoms with Gasteiger partial charge in [-0.15, -0.1) is 5.10 Å². The van der Waals surface area contributed by atoms with E-state index in [2.05, 4.69) is 24.8 Å². The quantitative estimate of drug-likeness (QED) is 0.641. The molecule has 0 aromatic carbocycles. The van der Waals surface area contributed by atoms with Crippen molar-refractivity contribution in [2.45, 2.75) is 6.42 Å². The van der Waals surface area contributed by atoms with E-state index in [-0.39, 0.29) is 0 Å². The molecule has 0 fully saturated rings. The maximum absolute atomic E-state index is 5.78. The Balaban J connectivity index is 1.97. The van der Waals surface area contributed by atoms with Crippen molar-refractivity contribution in [3.8, 4) is 0 Å². The molecule has 2 aromatic heterocycles. The summed E-state index contributed by atoms with van der Waals surface area (Å²) in [6, 6.07) is 4.44. The molecule has 0 amide bonds. The number of nitrogens with zero attached hydrogens (tertiary/aromatic N) is 6. The van der Waals surface area contributed by atoms with Crippen molar-refractivity contribution < 1.29 is 9.41 Å². The Bertz CT molecular complexity index is 604. The monoisotopic (exact) mass is 247 g/mol. The molecule has 3 rings (SSSR count). The second-order valence-electron chi connectivity index (χ2n) is 4.38. The Labute approximate surface area is 104 Å². The van der Waals surface area contributed by atoms with Crippen LogP contribution >= 0.6 is 0 Å². The average molecular weight is 247 g/mol. The summed E-state index contributed by atoms with van der Waals surface area (Å²) in [7, 11) is 4.00. The highest BCUT2D eigenvalue weighted by Crippen LogP contribution is 2.06. The lowest BCUT2D eigenvalue weighted by Gasteiger charge is -2.20. The first-order valence-electron chi connectivity index (χ1n) is 5.90. The lowest BCUT2D eigenvalue weighted by molar-refractivity contribution is -0.518. The number of amidine groups is 1. The minimum absolute atomic E-state index is 0.623. The molecule has 0 atom stereocenters. The van der Waals surface area contributed by atoms with Gasteiger partial charge >= 0.3 is 6.02 Å². The molecule has 94 valence electrons. The van der Waals surface area contributed by atoms with Gasteiger partial charge in [-0.3, -0.25) is 4.84 Å². The molecule has 0 aliphatic carbocycles. The summed E-state index contributed by atoms with van der Waals surface area (Å²) in [4.78, 5) is 13.4. The summed E-state index contributed by atoms with van der Waals surface area (Å²) in [6.07, 6.45) is 2.82. The van der Waals surface area contributed by atoms with Crippen LogP contribution in [0.3, 0.4) is 0 Å². The van der Waals surface area contributed by atoms with Crippen LogP contribution in [0.25, 0.3) is 11.2 Å². The highest BCUT2D eigenvalue weighted by atomic mass is 16.7. The molecule has 0 radical (unpaired) electrons. The molecule has 0 bridgehead atoms. The van der Waals surface area contributed by atoms with Crippen molar-refractivity contribution in [1.82, 2.24) is 25.0 Å². The van der Waals surface area contributed by atoms with E-state index in [9.17, 15) is 0 Å². The van der Waals surface area contributed by atoms with Crippen LogP contribution in [-0.4, -0.2) is 62.8 Å². The molecular weight excluding hydrogens is 232 g/mol. The smallest absolute Gasteiger partial charge is 0.277 e. The van der Waals surface area contributed by atoms with Crippen LogP contribution in [0, 0.1) is 0 Å². The van der Waals surface area contributed by atoms with Gasteiger partial charge in [-0.05, 0) is 22.2 Å². The molecule has 0 spiro atoms. The van der Waals surface area contributed by atoms with E-state index in [1.54, 1.807) is 6.20 Å². The Morgan fingerprint density at radius 1 is 1.44 bits per heavy atom. The van der Waals surface area contributed by atoms with Crippen LogP contribution in [-0.2, 0) is 0 Å². The summed E-state index contributed by atoms with van der Waals surface area (Å²) in [6.45, 7) is 1.94. The van der Waals surface area contributed by atoms with Crippen LogP contribution in [0.1, 0.15) is 6.42 Å². The average Bonchev–Trinajstić information content (AvgIpc) is 2.77. The van der Waals surface area contributed by atoms with Gasteiger partial charge < -0.3 is 0 Å². The summed E-state index contributed by atoms with van der Waals surface area (Å²) in [5, 5.41) is 7.98. The van der Waals surface area contributed by atoms with Gasteiger partial charge in [0.1, 0.15) is 5.52 Å². The zero-order chi connectivity index (χ0) is 12.5. The van der Waals surface area contributed by atoms with E-state index >= 15 is 0 Å². The fourth-order valence-electron chi connectivity index (χ4n) is 2.05. The number of fused-ring (bicyclic) bond motifs is 1. The Kier molecular flexibility index (Phi) is 2.58. The third-order valence-electron chi connectivity index (χ3n) is 2.99. The molecule has 0 saturated heterocycles. The van der Waals surface area contributed by atoms with Crippen LogP contribution in [0.2, 0.25) is 0 Å². The third kappa shape index (κ3) is 1.77. The minimum Gasteiger partial charge on any atom is -0.277 e. The summed E-state index contributed by atoms with van der Waals surface area (Å²) in [5.41, 5.74) is 1.34. The van der Waals surface area contributed by atoms with E-state index in [1.165, 1.54) is 4.85 Å². The topological polar surface area (TPSA) is 59.1 Å². The fourth-order valence-corrected chi connectivity index (χ4v) is 2.05. The van der Waals surface area contributed by atoms with Crippen LogP contribution in [0.4, 0.5) is 0 Å². The summed E-state index contributed by atoms with van der Waals surface area (Å²) < 4.78 is 2.06. The molecule has 0 saturated carbocycles. The molecular formula is C11H15N6O+. The van der Waals surface area contributed by atoms with Gasteiger partial charge in [0, 0.05) is 12.6 Å². The van der Waals surface area contributed by atoms with Gasteiger partial charge in [-0.25, -0.2) is 14.5 Å². The van der Waals surface area contributed by atoms with Gasteiger partial charge in [0.15, 0.2) is 0 Å². The first-order chi connectivity index (χ1) is 8.75. The molecule has 1 aliphatic heterocycles. The van der Waals surface area contributed by atoms with Gasteiger partial charge in [0.25, 0.3) is 0 Å². The maximum atomic E-state index is 5.78. The third-order valence-corrected chi connectivity index (χ3v) is 2.99. The number of hydrogen-bond donors (Lipinski definition) is 0. The van der Waals surface area contributed by atoms with Crippen LogP contribution < -0.4 is 4.84 Å². The summed E-state index contributed by atoms with van der Waals surface area (Å²) >= 11 is 0. The first-order valence-corrected chi connectivity index (χ1v) is 5.90. The molecule has 2 aromatic rings. The lowest BCUT2D eigenvalue weighted by Crippen LogP contribution is -2.46. The normalized spacial score (nSPS) is 16.4. The molecule has 3 heterocycles. The van der Waals surface area contributed by atoms with Crippen molar-refractivity contribution in [1.29, 1.82) is 0 Å². The van der Waals surface area contributed by atoms with Gasteiger partial charge in [0.05, 0.1) is 27.2 Å². The van der Waals surface area contributed by atoms with Gasteiger partial charge in [-0.2, -0.15) is 0 Å². The zero-order valence-corrected chi connectivity index (χ0v) is 10.4. The van der Waals surface area contributed by atoms with Crippen molar-refractivity contribution >= 4 is 17.2 Å². The second-order valence-corrected chi connectivity index (χ2v) is 4.38. The van der Waals surface area contributed by atoms with Crippen LogP contribution in [0.5, 0.6) is 0 Å². The Hall–Kier alpha value is -2.18. The van der Waals surface area contributed by atoms with Crippen molar-refractivity contribution in [3.05, 3.63) is 18.3 Å². The SMILES string of the molecule is CN1CCC[N+](C)=C1On1nnc2cccnc21. The van der Waals surface area contributed by atoms with Gasteiger partial charge in [-0.1, -0.05) is 0 Å². The molecule has 7 heteroatoms. The maximum Gasteiger partial charge on any atom is 0.472 e. The van der Waals surface area contributed by atoms with Crippen molar-refractivity contribution in [3.63, 3.8) is 0 Å². The molecule has 0 N–H and O–H groups in total. The molecule has 18 heavy (non-hydrogen) atoms. The van der Waals surface area contributed by atoms with E-state index < -0.39 is 0 Å². The van der Waals surface area contributed by atoms with Crippen LogP contribution in [0.15, 0.2) is 18.3 Å². The number of pyridine rings is 1. The zero-order valence-electron chi connectivity index (χ0n) is 10.4. The summed E-state index contributed by atoms with van der Waals surface area (Å²) in [5.74, 6) is 0. The highest BCUT2D eigenvalue weighted by Gasteiger charge is 2.26. The number of rotatable bonds is 1. The minimum atomic E-state index is 0.623. The standard InChI is InChI=1S/C11H15N6O/c1-15-7-4-8-16(2)11(15)18-17-10-9(13-14-17)5-3-6-12-10/h3,5-6H,4,7-8H2,1-2H3/q+1. The Morgan fingerprint density at radius 2 is 2.33 bits per heavy atom. The lowest BCUT2D eigenvalue weighted by atomic mass is 10.3. The predicted octanol–water partition coefficient (Wildman–Crippen LogP) is -0.411. The van der Waals surface area contributed by atoms with Crippen molar-refractivity contribution in [2.24, 2.45) is 0 Å².